The molecule has 0 fully saturated rings. The highest BCUT2D eigenvalue weighted by molar-refractivity contribution is 9.27. The Balaban J connectivity index is 2.37. The Labute approximate surface area is 239 Å². The number of benzene rings is 3. The van der Waals surface area contributed by atoms with Gasteiger partial charge in [0.1, 0.15) is 28.6 Å². The summed E-state index contributed by atoms with van der Waals surface area (Å²) in [6, 6.07) is 7.99. The first-order valence-electron chi connectivity index (χ1n) is 12.3. The fourth-order valence-corrected chi connectivity index (χ4v) is 15.8. The van der Waals surface area contributed by atoms with Gasteiger partial charge in [0.05, 0.1) is 17.6 Å². The molecule has 4 rings (SSSR count). The van der Waals surface area contributed by atoms with Gasteiger partial charge in [-0.25, -0.2) is 43.9 Å². The first kappa shape index (κ1) is 31.6. The predicted octanol–water partition coefficient (Wildman–Crippen LogP) is 9.07. The molecule has 3 aromatic rings. The number of hydrogen-bond acceptors (Lipinski definition) is 0. The minimum Gasteiger partial charge on any atom is -0.332 e. The van der Waals surface area contributed by atoms with E-state index in [-0.39, 0.29) is 5.21 Å². The average Bonchev–Trinajstić information content (AvgIpc) is 3.63. The summed E-state index contributed by atoms with van der Waals surface area (Å²) in [6.07, 6.45) is 0. The van der Waals surface area contributed by atoms with E-state index in [4.69, 9.17) is 0 Å². The molecule has 0 saturated carbocycles. The highest BCUT2D eigenvalue weighted by Gasteiger charge is 2.76. The van der Waals surface area contributed by atoms with Gasteiger partial charge >= 0.3 is 0 Å². The van der Waals surface area contributed by atoms with Crippen LogP contribution in [-0.2, 0) is 0 Å². The molecule has 0 aliphatic carbocycles. The SMILES string of the molecule is CC(C)(C)[P+]1(C(C)(C)C)C(c2ccccc2)=C1[B-](Br)(c1c(F)c(F)c(F)c(F)c1F)c1c(F)c(F)c(F)c(F)c1F. The Morgan fingerprint density at radius 2 is 0.805 bits per heavy atom. The van der Waals surface area contributed by atoms with Crippen LogP contribution in [0.15, 0.2) is 35.5 Å². The minimum atomic E-state index is -4.23. The molecule has 0 spiro atoms. The van der Waals surface area contributed by atoms with Crippen LogP contribution in [0.25, 0.3) is 5.31 Å². The van der Waals surface area contributed by atoms with Crippen molar-refractivity contribution in [1.29, 1.82) is 0 Å². The monoisotopic (exact) mass is 670 g/mol. The molecule has 0 amide bonds. The molecule has 220 valence electrons. The van der Waals surface area contributed by atoms with Crippen molar-refractivity contribution >= 4 is 44.2 Å². The molecule has 1 aliphatic rings. The molecule has 0 nitrogen and oxygen atoms in total. The van der Waals surface area contributed by atoms with E-state index in [1.54, 1.807) is 71.9 Å². The van der Waals surface area contributed by atoms with Gasteiger partial charge in [-0.2, -0.15) is 0 Å². The van der Waals surface area contributed by atoms with Crippen LogP contribution in [0, 0.1) is 58.2 Å². The lowest BCUT2D eigenvalue weighted by molar-refractivity contribution is 0.382. The zero-order valence-corrected chi connectivity index (χ0v) is 25.0. The van der Waals surface area contributed by atoms with Gasteiger partial charge in [-0.1, -0.05) is 30.3 Å². The lowest BCUT2D eigenvalue weighted by Gasteiger charge is -2.43. The van der Waals surface area contributed by atoms with Gasteiger partial charge < -0.3 is 15.8 Å². The van der Waals surface area contributed by atoms with Gasteiger partial charge in [-0.15, -0.1) is 10.9 Å². The van der Waals surface area contributed by atoms with Crippen molar-refractivity contribution in [2.24, 2.45) is 0 Å². The lowest BCUT2D eigenvalue weighted by Crippen LogP contribution is -2.60. The summed E-state index contributed by atoms with van der Waals surface area (Å²) < 4.78 is 150. The predicted molar refractivity (Wildman–Crippen MR) is 146 cm³/mol. The van der Waals surface area contributed by atoms with Crippen LogP contribution in [0.2, 0.25) is 0 Å². The first-order valence-corrected chi connectivity index (χ1v) is 15.0. The van der Waals surface area contributed by atoms with Crippen LogP contribution in [0.1, 0.15) is 47.1 Å². The molecular weight excluding hydrogens is 648 g/mol. The summed E-state index contributed by atoms with van der Waals surface area (Å²) in [5.74, 6) is -24.7. The van der Waals surface area contributed by atoms with Crippen molar-refractivity contribution in [3.8, 4) is 0 Å². The van der Waals surface area contributed by atoms with Crippen molar-refractivity contribution in [3.63, 3.8) is 0 Å². The van der Waals surface area contributed by atoms with Gasteiger partial charge in [-0.3, -0.25) is 0 Å². The Kier molecular flexibility index (Phi) is 7.60. The number of hydrogen-bond donors (Lipinski definition) is 0. The second-order valence-electron chi connectivity index (χ2n) is 11.8. The van der Waals surface area contributed by atoms with E-state index in [9.17, 15) is 26.3 Å². The molecule has 0 radical (unpaired) electrons. The second-order valence-corrected chi connectivity index (χ2v) is 18.2. The molecule has 0 N–H and O–H groups in total. The Bertz CT molecular complexity index is 1480. The van der Waals surface area contributed by atoms with Crippen LogP contribution in [0.5, 0.6) is 0 Å². The first-order chi connectivity index (χ1) is 18.7. The normalized spacial score (nSPS) is 15.5. The lowest BCUT2D eigenvalue weighted by atomic mass is 9.39. The third kappa shape index (κ3) is 4.14. The fraction of sp³-hybridized carbons (Fsp3) is 0.286. The van der Waals surface area contributed by atoms with E-state index in [1.165, 1.54) is 0 Å². The van der Waals surface area contributed by atoms with Crippen molar-refractivity contribution < 1.29 is 43.9 Å². The third-order valence-corrected chi connectivity index (χ3v) is 15.6. The molecule has 1 aliphatic heterocycles. The van der Waals surface area contributed by atoms with Gasteiger partial charge in [0.2, 0.25) is 4.97 Å². The highest BCUT2D eigenvalue weighted by atomic mass is 79.9. The number of rotatable bonds is 4. The maximum absolute atomic E-state index is 15.6. The van der Waals surface area contributed by atoms with Crippen molar-refractivity contribution in [2.75, 3.05) is 0 Å². The van der Waals surface area contributed by atoms with E-state index in [0.29, 0.717) is 10.9 Å². The molecule has 0 bridgehead atoms. The standard InChI is InChI=1S/C28H23BBrF10P/c1-27(2,3)41(28(4,5)6)25(12-10-8-7-9-11-12)26(41)29(30,13-15(31)19(35)23(39)20(36)16(13)32)14-17(33)21(37)24(40)22(38)18(14)34/h7-11H,1-6H3. The van der Waals surface area contributed by atoms with Crippen molar-refractivity contribution in [2.45, 2.75) is 51.9 Å². The van der Waals surface area contributed by atoms with E-state index in [1.807, 2.05) is 0 Å². The van der Waals surface area contributed by atoms with E-state index < -0.39 is 91.6 Å². The third-order valence-electron chi connectivity index (χ3n) is 7.61. The minimum absolute atomic E-state index is 0.157. The quantitative estimate of drug-likeness (QED) is 0.0855. The van der Waals surface area contributed by atoms with Crippen LogP contribution in [0.3, 0.4) is 0 Å². The topological polar surface area (TPSA) is 0 Å². The van der Waals surface area contributed by atoms with Crippen LogP contribution in [-0.4, -0.2) is 15.3 Å². The average molecular weight is 671 g/mol. The molecule has 0 atom stereocenters. The van der Waals surface area contributed by atoms with Gasteiger partial charge in [-0.05, 0) is 46.8 Å². The van der Waals surface area contributed by atoms with E-state index in [0.717, 1.165) is 0 Å². The summed E-state index contributed by atoms with van der Waals surface area (Å²) in [6.45, 7) is 10.3. The molecular formula is C28H23BBrF10P. The smallest absolute Gasteiger partial charge is 0.201 e. The molecule has 0 unspecified atom stereocenters. The van der Waals surface area contributed by atoms with Crippen LogP contribution in [0.4, 0.5) is 43.9 Å². The summed E-state index contributed by atoms with van der Waals surface area (Å²) in [5.41, 5.74) is -3.06. The summed E-state index contributed by atoms with van der Waals surface area (Å²) >= 11 is 2.98. The molecule has 3 aromatic carbocycles. The fourth-order valence-electron chi connectivity index (χ4n) is 6.42. The maximum atomic E-state index is 15.6. The summed E-state index contributed by atoms with van der Waals surface area (Å²) in [7, 11) is -3.15. The zero-order chi connectivity index (χ0) is 31.2. The summed E-state index contributed by atoms with van der Waals surface area (Å²) in [4.78, 5) is -4.23. The zero-order valence-electron chi connectivity index (χ0n) is 22.6. The van der Waals surface area contributed by atoms with Crippen molar-refractivity contribution in [3.05, 3.63) is 99.3 Å². The van der Waals surface area contributed by atoms with Crippen LogP contribution < -0.4 is 10.9 Å². The van der Waals surface area contributed by atoms with Gasteiger partial charge in [0.25, 0.3) is 0 Å². The van der Waals surface area contributed by atoms with Gasteiger partial charge in [0, 0.05) is 5.56 Å². The Morgan fingerprint density at radius 1 is 0.512 bits per heavy atom. The van der Waals surface area contributed by atoms with Crippen molar-refractivity contribution in [1.82, 2.24) is 0 Å². The maximum Gasteiger partial charge on any atom is 0.201 e. The van der Waals surface area contributed by atoms with E-state index in [2.05, 4.69) is 15.8 Å². The molecule has 0 saturated heterocycles. The summed E-state index contributed by atoms with van der Waals surface area (Å²) in [5, 5.41) is -1.63. The molecule has 0 aromatic heterocycles. The van der Waals surface area contributed by atoms with E-state index >= 15 is 17.6 Å². The second kappa shape index (κ2) is 9.86. The highest BCUT2D eigenvalue weighted by Crippen LogP contribution is 3.01. The Hall–Kier alpha value is -2.33. The van der Waals surface area contributed by atoms with Gasteiger partial charge in [0.15, 0.2) is 34.9 Å². The molecule has 41 heavy (non-hydrogen) atoms. The molecule has 1 heterocycles. The number of halogens is 11. The Morgan fingerprint density at radius 3 is 1.10 bits per heavy atom. The molecule has 13 heteroatoms. The largest absolute Gasteiger partial charge is 0.332 e. The van der Waals surface area contributed by atoms with Crippen LogP contribution >= 0.6 is 23.0 Å².